The molecular formula is C19H22F3N3O2S. The minimum Gasteiger partial charge on any atom is -0.329 e. The second kappa shape index (κ2) is 10.2. The van der Waals surface area contributed by atoms with E-state index in [1.54, 1.807) is 5.32 Å². The molecule has 0 radical (unpaired) electrons. The van der Waals surface area contributed by atoms with Crippen molar-refractivity contribution in [2.75, 3.05) is 13.1 Å². The first-order chi connectivity index (χ1) is 13.3. The van der Waals surface area contributed by atoms with Crippen LogP contribution in [0.4, 0.5) is 18.0 Å². The zero-order valence-corrected chi connectivity index (χ0v) is 16.1. The topological polar surface area (TPSA) is 70.2 Å². The fraction of sp³-hybridized carbons (Fsp3) is 0.368. The Morgan fingerprint density at radius 3 is 2.43 bits per heavy atom. The largest absolute Gasteiger partial charge is 0.405 e. The summed E-state index contributed by atoms with van der Waals surface area (Å²) in [4.78, 5) is 24.3. The van der Waals surface area contributed by atoms with Gasteiger partial charge in [-0.05, 0) is 29.0 Å². The number of carbonyl (C=O) groups is 2. The van der Waals surface area contributed by atoms with Crippen molar-refractivity contribution >= 4 is 23.3 Å². The van der Waals surface area contributed by atoms with E-state index >= 15 is 0 Å². The molecule has 1 aromatic heterocycles. The average molecular weight is 413 g/mol. The van der Waals surface area contributed by atoms with Gasteiger partial charge in [-0.25, -0.2) is 4.79 Å². The molecule has 2 aromatic rings. The van der Waals surface area contributed by atoms with Crippen LogP contribution in [0.15, 0.2) is 41.8 Å². The lowest BCUT2D eigenvalue weighted by Crippen LogP contribution is -2.46. The highest BCUT2D eigenvalue weighted by atomic mass is 32.1. The van der Waals surface area contributed by atoms with Gasteiger partial charge in [-0.15, -0.1) is 11.3 Å². The summed E-state index contributed by atoms with van der Waals surface area (Å²) in [5.41, 5.74) is 2.17. The molecule has 152 valence electrons. The molecule has 0 spiro atoms. The minimum absolute atomic E-state index is 0.223. The van der Waals surface area contributed by atoms with E-state index in [2.05, 4.69) is 12.2 Å². The summed E-state index contributed by atoms with van der Waals surface area (Å²) in [6.45, 7) is 0.383. The van der Waals surface area contributed by atoms with Crippen LogP contribution in [0.5, 0.6) is 0 Å². The lowest BCUT2D eigenvalue weighted by molar-refractivity contribution is -0.124. The maximum Gasteiger partial charge on any atom is 0.405 e. The number of halogens is 3. The molecule has 0 aliphatic rings. The minimum atomic E-state index is -4.53. The van der Waals surface area contributed by atoms with Gasteiger partial charge in [0.15, 0.2) is 0 Å². The smallest absolute Gasteiger partial charge is 0.329 e. The van der Waals surface area contributed by atoms with Gasteiger partial charge in [0.2, 0.25) is 5.91 Å². The van der Waals surface area contributed by atoms with E-state index in [4.69, 9.17) is 0 Å². The first-order valence-electron chi connectivity index (χ1n) is 8.78. The van der Waals surface area contributed by atoms with Crippen LogP contribution >= 0.6 is 11.3 Å². The van der Waals surface area contributed by atoms with E-state index < -0.39 is 24.7 Å². The van der Waals surface area contributed by atoms with Gasteiger partial charge in [-0.2, -0.15) is 13.2 Å². The van der Waals surface area contributed by atoms with Gasteiger partial charge in [0.25, 0.3) is 0 Å². The van der Waals surface area contributed by atoms with E-state index in [0.717, 1.165) is 23.3 Å². The van der Waals surface area contributed by atoms with Crippen LogP contribution in [-0.4, -0.2) is 31.2 Å². The SMILES string of the molecule is CCCc1ccc([C@H](NCC(=O)NC(=O)NCC(F)(F)F)c2cccs2)cc1. The standard InChI is InChI=1S/C19H22F3N3O2S/c1-2-4-13-6-8-14(9-7-13)17(15-5-3-10-28-15)23-11-16(26)25-18(27)24-12-19(20,21)22/h3,5-10,17,23H,2,4,11-12H2,1H3,(H2,24,25,26,27)/t17-/m0/s1. The Hall–Kier alpha value is -2.39. The molecule has 0 bridgehead atoms. The van der Waals surface area contributed by atoms with E-state index in [-0.39, 0.29) is 12.6 Å². The van der Waals surface area contributed by atoms with Gasteiger partial charge in [0, 0.05) is 4.88 Å². The highest BCUT2D eigenvalue weighted by molar-refractivity contribution is 7.10. The molecule has 1 heterocycles. The number of nitrogens with one attached hydrogen (secondary N) is 3. The van der Waals surface area contributed by atoms with Crippen LogP contribution in [0.2, 0.25) is 0 Å². The predicted molar refractivity (Wildman–Crippen MR) is 102 cm³/mol. The molecule has 28 heavy (non-hydrogen) atoms. The Balaban J connectivity index is 1.96. The molecule has 3 N–H and O–H groups in total. The van der Waals surface area contributed by atoms with Crippen molar-refractivity contribution in [3.8, 4) is 0 Å². The first kappa shape index (κ1) is 21.9. The number of alkyl halides is 3. The molecule has 3 amide bonds. The first-order valence-corrected chi connectivity index (χ1v) is 9.66. The number of carbonyl (C=O) groups excluding carboxylic acids is 2. The summed E-state index contributed by atoms with van der Waals surface area (Å²) in [7, 11) is 0. The van der Waals surface area contributed by atoms with Crippen molar-refractivity contribution in [3.05, 3.63) is 57.8 Å². The number of aryl methyl sites for hydroxylation is 1. The summed E-state index contributed by atoms with van der Waals surface area (Å²) < 4.78 is 36.3. The fourth-order valence-electron chi connectivity index (χ4n) is 2.59. The Bertz CT molecular complexity index is 762. The maximum atomic E-state index is 12.1. The summed E-state index contributed by atoms with van der Waals surface area (Å²) in [5, 5.41) is 8.46. The number of rotatable bonds is 8. The van der Waals surface area contributed by atoms with E-state index in [0.29, 0.717) is 0 Å². The molecule has 2 rings (SSSR count). The Labute approximate surface area is 165 Å². The van der Waals surface area contributed by atoms with Gasteiger partial charge < -0.3 is 5.32 Å². The molecule has 0 unspecified atom stereocenters. The molecule has 5 nitrogen and oxygen atoms in total. The number of imide groups is 1. The van der Waals surface area contributed by atoms with Crippen LogP contribution in [0, 0.1) is 0 Å². The molecule has 1 atom stereocenters. The van der Waals surface area contributed by atoms with Crippen molar-refractivity contribution in [2.24, 2.45) is 0 Å². The highest BCUT2D eigenvalue weighted by Crippen LogP contribution is 2.26. The third-order valence-electron chi connectivity index (χ3n) is 3.85. The highest BCUT2D eigenvalue weighted by Gasteiger charge is 2.28. The Kier molecular flexibility index (Phi) is 8.01. The van der Waals surface area contributed by atoms with Crippen molar-refractivity contribution in [3.63, 3.8) is 0 Å². The predicted octanol–water partition coefficient (Wildman–Crippen LogP) is 3.77. The Morgan fingerprint density at radius 1 is 1.14 bits per heavy atom. The normalized spacial score (nSPS) is 12.4. The monoisotopic (exact) mass is 413 g/mol. The van der Waals surface area contributed by atoms with Gasteiger partial charge >= 0.3 is 12.2 Å². The van der Waals surface area contributed by atoms with Gasteiger partial charge in [0.05, 0.1) is 12.6 Å². The summed E-state index contributed by atoms with van der Waals surface area (Å²) in [6.07, 6.45) is -2.51. The second-order valence-electron chi connectivity index (χ2n) is 6.17. The van der Waals surface area contributed by atoms with Gasteiger partial charge in [-0.3, -0.25) is 15.4 Å². The van der Waals surface area contributed by atoms with E-state index in [1.807, 2.05) is 47.1 Å². The fourth-order valence-corrected chi connectivity index (χ4v) is 3.42. The summed E-state index contributed by atoms with van der Waals surface area (Å²) >= 11 is 1.52. The lowest BCUT2D eigenvalue weighted by atomic mass is 10.0. The Morgan fingerprint density at radius 2 is 1.86 bits per heavy atom. The number of benzene rings is 1. The molecule has 0 aliphatic carbocycles. The number of amides is 3. The third kappa shape index (κ3) is 7.32. The van der Waals surface area contributed by atoms with Crippen molar-refractivity contribution in [1.82, 2.24) is 16.0 Å². The summed E-state index contributed by atoms with van der Waals surface area (Å²) in [6, 6.07) is 10.4. The van der Waals surface area contributed by atoms with Crippen molar-refractivity contribution < 1.29 is 22.8 Å². The number of urea groups is 1. The quantitative estimate of drug-likeness (QED) is 0.617. The number of hydrogen-bond donors (Lipinski definition) is 3. The lowest BCUT2D eigenvalue weighted by Gasteiger charge is -2.18. The van der Waals surface area contributed by atoms with Crippen molar-refractivity contribution in [2.45, 2.75) is 32.0 Å². The molecule has 0 saturated carbocycles. The average Bonchev–Trinajstić information content (AvgIpc) is 3.15. The van der Waals surface area contributed by atoms with E-state index in [1.165, 1.54) is 16.9 Å². The molecular weight excluding hydrogens is 391 g/mol. The van der Waals surface area contributed by atoms with Gasteiger partial charge in [-0.1, -0.05) is 43.7 Å². The second-order valence-corrected chi connectivity index (χ2v) is 7.15. The van der Waals surface area contributed by atoms with Crippen LogP contribution in [0.25, 0.3) is 0 Å². The van der Waals surface area contributed by atoms with E-state index in [9.17, 15) is 22.8 Å². The maximum absolute atomic E-state index is 12.1. The van der Waals surface area contributed by atoms with Crippen LogP contribution in [0.1, 0.15) is 35.4 Å². The van der Waals surface area contributed by atoms with Gasteiger partial charge in [0.1, 0.15) is 6.54 Å². The molecule has 1 aromatic carbocycles. The van der Waals surface area contributed by atoms with Crippen LogP contribution in [-0.2, 0) is 11.2 Å². The third-order valence-corrected chi connectivity index (χ3v) is 4.79. The van der Waals surface area contributed by atoms with Crippen LogP contribution in [0.3, 0.4) is 0 Å². The van der Waals surface area contributed by atoms with Crippen LogP contribution < -0.4 is 16.0 Å². The number of hydrogen-bond acceptors (Lipinski definition) is 4. The zero-order valence-electron chi connectivity index (χ0n) is 15.3. The molecule has 0 fully saturated rings. The molecule has 0 saturated heterocycles. The molecule has 9 heteroatoms. The summed E-state index contributed by atoms with van der Waals surface area (Å²) in [5.74, 6) is -0.719. The number of thiophene rings is 1. The molecule has 0 aliphatic heterocycles. The van der Waals surface area contributed by atoms with Crippen molar-refractivity contribution in [1.29, 1.82) is 0 Å². The zero-order chi connectivity index (χ0) is 20.6.